The number of ether oxygens (including phenoxy) is 2. The first-order chi connectivity index (χ1) is 16.7. The van der Waals surface area contributed by atoms with Crippen LogP contribution in [-0.2, 0) is 21.4 Å². The third kappa shape index (κ3) is 5.64. The number of aryl methyl sites for hydroxylation is 2. The van der Waals surface area contributed by atoms with Crippen molar-refractivity contribution in [2.45, 2.75) is 64.2 Å². The van der Waals surface area contributed by atoms with E-state index in [-0.39, 0.29) is 49.0 Å². The number of nitrogens with one attached hydrogen (secondary N) is 2. The first-order valence-electron chi connectivity index (χ1n) is 12.0. The Kier molecular flexibility index (Phi) is 7.39. The Bertz CT molecular complexity index is 1110. The van der Waals surface area contributed by atoms with Gasteiger partial charge in [-0.3, -0.25) is 19.1 Å². The van der Waals surface area contributed by atoms with Gasteiger partial charge < -0.3 is 25.0 Å². The average Bonchev–Trinajstić information content (AvgIpc) is 3.12. The molecule has 2 aromatic rings. The van der Waals surface area contributed by atoms with E-state index in [1.165, 1.54) is 0 Å². The lowest BCUT2D eigenvalue weighted by atomic mass is 9.94. The van der Waals surface area contributed by atoms with Crippen LogP contribution in [-0.4, -0.2) is 64.3 Å². The molecule has 4 rings (SSSR count). The van der Waals surface area contributed by atoms with Crippen LogP contribution in [0.4, 0.5) is 11.4 Å². The van der Waals surface area contributed by atoms with Crippen LogP contribution >= 0.6 is 0 Å². The molecule has 10 nitrogen and oxygen atoms in total. The monoisotopic (exact) mass is 483 g/mol. The molecular weight excluding hydrogens is 450 g/mol. The highest BCUT2D eigenvalue weighted by atomic mass is 16.5. The van der Waals surface area contributed by atoms with Gasteiger partial charge in [-0.25, -0.2) is 0 Å². The first kappa shape index (κ1) is 24.7. The smallest absolute Gasteiger partial charge is 0.257 e. The number of benzene rings is 1. The Morgan fingerprint density at radius 2 is 1.97 bits per heavy atom. The van der Waals surface area contributed by atoms with Gasteiger partial charge in [0.15, 0.2) is 0 Å². The first-order valence-corrected chi connectivity index (χ1v) is 12.0. The van der Waals surface area contributed by atoms with Gasteiger partial charge in [0.25, 0.3) is 5.91 Å². The molecule has 0 bridgehead atoms. The van der Waals surface area contributed by atoms with Crippen molar-refractivity contribution < 1.29 is 23.9 Å². The van der Waals surface area contributed by atoms with Crippen LogP contribution in [0.2, 0.25) is 0 Å². The van der Waals surface area contributed by atoms with Crippen molar-refractivity contribution in [3.63, 3.8) is 0 Å². The summed E-state index contributed by atoms with van der Waals surface area (Å²) in [7, 11) is 3.57. The number of rotatable bonds is 6. The van der Waals surface area contributed by atoms with Gasteiger partial charge in [0.2, 0.25) is 11.8 Å². The van der Waals surface area contributed by atoms with E-state index >= 15 is 0 Å². The lowest BCUT2D eigenvalue weighted by molar-refractivity contribution is -0.130. The van der Waals surface area contributed by atoms with Crippen LogP contribution in [0.5, 0.6) is 5.75 Å². The van der Waals surface area contributed by atoms with Crippen molar-refractivity contribution in [1.29, 1.82) is 0 Å². The fourth-order valence-corrected chi connectivity index (χ4v) is 4.69. The van der Waals surface area contributed by atoms with E-state index in [0.717, 1.165) is 12.1 Å². The zero-order valence-corrected chi connectivity index (χ0v) is 20.7. The highest BCUT2D eigenvalue weighted by Gasteiger charge is 2.39. The molecule has 35 heavy (non-hydrogen) atoms. The number of carbonyl (C=O) groups is 3. The van der Waals surface area contributed by atoms with E-state index < -0.39 is 0 Å². The summed E-state index contributed by atoms with van der Waals surface area (Å²) in [5.41, 5.74) is 2.42. The predicted molar refractivity (Wildman–Crippen MR) is 130 cm³/mol. The molecule has 2 N–H and O–H groups in total. The van der Waals surface area contributed by atoms with Gasteiger partial charge in [0.05, 0.1) is 35.5 Å². The number of likely N-dealkylation sites (N-methyl/N-ethyl adjacent to an activating group) is 1. The fraction of sp³-hybridized carbons (Fsp3) is 0.520. The van der Waals surface area contributed by atoms with E-state index in [9.17, 15) is 14.4 Å². The third-order valence-corrected chi connectivity index (χ3v) is 6.47. The molecule has 2 aliphatic heterocycles. The molecule has 188 valence electrons. The van der Waals surface area contributed by atoms with E-state index in [2.05, 4.69) is 15.7 Å². The molecule has 3 amide bonds. The lowest BCUT2D eigenvalue weighted by Crippen LogP contribution is -2.53. The molecule has 2 aliphatic rings. The molecule has 1 aromatic heterocycles. The largest absolute Gasteiger partial charge is 0.490 e. The summed E-state index contributed by atoms with van der Waals surface area (Å²) in [4.78, 5) is 39.6. The molecule has 10 heteroatoms. The van der Waals surface area contributed by atoms with Gasteiger partial charge in [-0.2, -0.15) is 5.10 Å². The van der Waals surface area contributed by atoms with Crippen molar-refractivity contribution in [3.8, 4) is 5.75 Å². The number of aromatic nitrogens is 2. The van der Waals surface area contributed by atoms with E-state index in [0.29, 0.717) is 42.0 Å². The molecule has 1 fully saturated rings. The molecule has 0 aliphatic carbocycles. The molecular formula is C25H33N5O5. The van der Waals surface area contributed by atoms with Crippen LogP contribution in [0.1, 0.15) is 55.1 Å². The molecule has 3 atom stereocenters. The van der Waals surface area contributed by atoms with Crippen LogP contribution in [0.15, 0.2) is 24.4 Å². The standard InChI is InChI=1S/C25H33N5O5/c1-5-6-23(31)26-16-7-10-21-18(11-16)25(33)30(4)20-9-8-17(35-22(20)14-34-21)12-24(32)27-19-13-29(3)28-15(19)2/h7,10-11,13,17,20,22H,5-6,8-9,12,14H2,1-4H3,(H,26,31)(H,27,32)/t17-,20-,22-/m0/s1. The van der Waals surface area contributed by atoms with Crippen molar-refractivity contribution in [2.75, 3.05) is 24.3 Å². The number of fused-ring (bicyclic) bond motifs is 2. The van der Waals surface area contributed by atoms with E-state index in [1.54, 1.807) is 48.1 Å². The molecule has 0 spiro atoms. The number of nitrogens with zero attached hydrogens (tertiary/aromatic N) is 3. The Labute approximate surface area is 204 Å². The minimum atomic E-state index is -0.354. The molecule has 0 unspecified atom stereocenters. The van der Waals surface area contributed by atoms with E-state index in [1.807, 2.05) is 13.8 Å². The van der Waals surface area contributed by atoms with Gasteiger partial charge in [0, 0.05) is 32.4 Å². The third-order valence-electron chi connectivity index (χ3n) is 6.47. The maximum absolute atomic E-state index is 13.3. The predicted octanol–water partition coefficient (Wildman–Crippen LogP) is 2.88. The number of hydrogen-bond acceptors (Lipinski definition) is 6. The number of amides is 3. The van der Waals surface area contributed by atoms with Crippen LogP contribution in [0, 0.1) is 6.92 Å². The zero-order chi connectivity index (χ0) is 25.1. The summed E-state index contributed by atoms with van der Waals surface area (Å²) in [6.45, 7) is 4.04. The Morgan fingerprint density at radius 1 is 1.17 bits per heavy atom. The highest BCUT2D eigenvalue weighted by molar-refractivity contribution is 5.99. The van der Waals surface area contributed by atoms with Gasteiger partial charge in [0.1, 0.15) is 18.5 Å². The van der Waals surface area contributed by atoms with Crippen molar-refractivity contribution in [2.24, 2.45) is 7.05 Å². The van der Waals surface area contributed by atoms with Crippen molar-refractivity contribution in [1.82, 2.24) is 14.7 Å². The molecule has 0 radical (unpaired) electrons. The van der Waals surface area contributed by atoms with Crippen molar-refractivity contribution >= 4 is 29.1 Å². The quantitative estimate of drug-likeness (QED) is 0.653. The summed E-state index contributed by atoms with van der Waals surface area (Å²) in [6, 6.07) is 4.93. The number of hydrogen-bond donors (Lipinski definition) is 2. The molecule has 1 saturated heterocycles. The van der Waals surface area contributed by atoms with Crippen molar-refractivity contribution in [3.05, 3.63) is 35.7 Å². The summed E-state index contributed by atoms with van der Waals surface area (Å²) >= 11 is 0. The van der Waals surface area contributed by atoms with Crippen LogP contribution < -0.4 is 15.4 Å². The maximum Gasteiger partial charge on any atom is 0.257 e. The summed E-state index contributed by atoms with van der Waals surface area (Å²) < 4.78 is 13.9. The second-order valence-electron chi connectivity index (χ2n) is 9.23. The second kappa shape index (κ2) is 10.5. The Balaban J connectivity index is 1.42. The minimum Gasteiger partial charge on any atom is -0.490 e. The maximum atomic E-state index is 13.3. The normalized spacial score (nSPS) is 21.8. The summed E-state index contributed by atoms with van der Waals surface area (Å²) in [5, 5.41) is 9.98. The Hall–Kier alpha value is -3.40. The van der Waals surface area contributed by atoms with Gasteiger partial charge in [-0.05, 0) is 44.4 Å². The van der Waals surface area contributed by atoms with Crippen LogP contribution in [0.25, 0.3) is 0 Å². The summed E-state index contributed by atoms with van der Waals surface area (Å²) in [5.74, 6) is 0.0377. The van der Waals surface area contributed by atoms with Gasteiger partial charge >= 0.3 is 0 Å². The Morgan fingerprint density at radius 3 is 2.69 bits per heavy atom. The fourth-order valence-electron chi connectivity index (χ4n) is 4.69. The highest BCUT2D eigenvalue weighted by Crippen LogP contribution is 2.32. The molecule has 3 heterocycles. The molecule has 0 saturated carbocycles. The lowest BCUT2D eigenvalue weighted by Gasteiger charge is -2.42. The van der Waals surface area contributed by atoms with Crippen LogP contribution in [0.3, 0.4) is 0 Å². The number of anilines is 2. The summed E-state index contributed by atoms with van der Waals surface area (Å²) in [6.07, 6.45) is 3.88. The van der Waals surface area contributed by atoms with Gasteiger partial charge in [-0.1, -0.05) is 6.92 Å². The number of carbonyl (C=O) groups excluding carboxylic acids is 3. The topological polar surface area (TPSA) is 115 Å². The van der Waals surface area contributed by atoms with E-state index in [4.69, 9.17) is 9.47 Å². The SMILES string of the molecule is CCCC(=O)Nc1ccc2c(c1)C(=O)N(C)[C@H]1CC[C@@H](CC(=O)Nc3cn(C)nc3C)O[C@H]1CO2. The molecule has 1 aromatic carbocycles. The second-order valence-corrected chi connectivity index (χ2v) is 9.23. The average molecular weight is 484 g/mol. The zero-order valence-electron chi connectivity index (χ0n) is 20.7. The van der Waals surface area contributed by atoms with Gasteiger partial charge in [-0.15, -0.1) is 0 Å². The minimum absolute atomic E-state index is 0.0884.